The molecule has 2 aromatic carbocycles. The Morgan fingerprint density at radius 3 is 2.43 bits per heavy atom. The number of hydrogen-bond donors (Lipinski definition) is 2. The number of rotatable bonds is 9. The minimum Gasteiger partial charge on any atom is -0.508 e. The van der Waals surface area contributed by atoms with E-state index in [1.165, 1.54) is 17.0 Å². The third-order valence-electron chi connectivity index (χ3n) is 6.76. The van der Waals surface area contributed by atoms with Crippen molar-refractivity contribution < 1.29 is 29.3 Å². The van der Waals surface area contributed by atoms with E-state index in [-0.39, 0.29) is 17.1 Å². The highest BCUT2D eigenvalue weighted by Gasteiger charge is 2.46. The molecule has 2 aromatic rings. The summed E-state index contributed by atoms with van der Waals surface area (Å²) in [4.78, 5) is 30.3. The molecule has 2 aliphatic rings. The Morgan fingerprint density at radius 1 is 1.08 bits per heavy atom. The minimum atomic E-state index is -0.749. The Labute approximate surface area is 218 Å². The predicted molar refractivity (Wildman–Crippen MR) is 141 cm³/mol. The fraction of sp³-hybridized carbons (Fsp3) is 0.448. The van der Waals surface area contributed by atoms with Gasteiger partial charge in [0.15, 0.2) is 0 Å². The molecule has 1 unspecified atom stereocenters. The topological polar surface area (TPSA) is 99.5 Å². The molecule has 0 radical (unpaired) electrons. The highest BCUT2D eigenvalue weighted by Crippen LogP contribution is 2.40. The zero-order valence-corrected chi connectivity index (χ0v) is 21.8. The molecule has 37 heavy (non-hydrogen) atoms. The minimum absolute atomic E-state index is 0.0565. The van der Waals surface area contributed by atoms with Crippen molar-refractivity contribution in [2.24, 2.45) is 5.92 Å². The fourth-order valence-corrected chi connectivity index (χ4v) is 4.80. The first-order chi connectivity index (χ1) is 17.8. The van der Waals surface area contributed by atoms with Crippen molar-refractivity contribution in [2.45, 2.75) is 33.2 Å². The lowest BCUT2D eigenvalue weighted by Crippen LogP contribution is -2.38. The number of carbonyl (C=O) groups excluding carboxylic acids is 2. The van der Waals surface area contributed by atoms with Crippen molar-refractivity contribution in [3.63, 3.8) is 0 Å². The van der Waals surface area contributed by atoms with Crippen LogP contribution in [0.1, 0.15) is 43.0 Å². The maximum absolute atomic E-state index is 13.3. The molecule has 1 atom stereocenters. The second kappa shape index (κ2) is 11.8. The number of nitrogens with zero attached hydrogens (tertiary/aromatic N) is 2. The van der Waals surface area contributed by atoms with E-state index in [1.54, 1.807) is 24.3 Å². The Morgan fingerprint density at radius 2 is 1.78 bits per heavy atom. The van der Waals surface area contributed by atoms with Crippen molar-refractivity contribution in [1.29, 1.82) is 0 Å². The highest BCUT2D eigenvalue weighted by molar-refractivity contribution is 6.46. The van der Waals surface area contributed by atoms with Gasteiger partial charge in [-0.05, 0) is 60.7 Å². The number of likely N-dealkylation sites (tertiary alicyclic amines) is 1. The number of ether oxygens (including phenoxy) is 2. The number of phenolic OH excluding ortho intramolecular Hbond substituents is 1. The van der Waals surface area contributed by atoms with Gasteiger partial charge in [-0.15, -0.1) is 0 Å². The average molecular weight is 509 g/mol. The number of Topliss-reactive ketones (excluding diaryl/α,β-unsaturated/α-hetero) is 1. The number of phenols is 1. The molecule has 2 aliphatic heterocycles. The van der Waals surface area contributed by atoms with Gasteiger partial charge in [0.1, 0.15) is 17.3 Å². The number of aliphatic hydroxyl groups is 1. The van der Waals surface area contributed by atoms with Gasteiger partial charge in [-0.1, -0.05) is 26.0 Å². The van der Waals surface area contributed by atoms with Crippen molar-refractivity contribution in [3.05, 3.63) is 64.7 Å². The number of benzene rings is 2. The fourth-order valence-electron chi connectivity index (χ4n) is 4.80. The number of hydrogen-bond acceptors (Lipinski definition) is 7. The lowest BCUT2D eigenvalue weighted by atomic mass is 9.93. The summed E-state index contributed by atoms with van der Waals surface area (Å²) in [6, 6.07) is 11.0. The molecule has 198 valence electrons. The van der Waals surface area contributed by atoms with Crippen LogP contribution in [0.2, 0.25) is 0 Å². The first kappa shape index (κ1) is 26.7. The van der Waals surface area contributed by atoms with Crippen molar-refractivity contribution in [3.8, 4) is 11.5 Å². The maximum atomic E-state index is 13.3. The second-order valence-electron chi connectivity index (χ2n) is 10.1. The van der Waals surface area contributed by atoms with E-state index >= 15 is 0 Å². The van der Waals surface area contributed by atoms with E-state index in [0.717, 1.165) is 25.2 Å². The molecular weight excluding hydrogens is 472 g/mol. The van der Waals surface area contributed by atoms with Crippen LogP contribution in [0.5, 0.6) is 11.5 Å². The third kappa shape index (κ3) is 6.14. The van der Waals surface area contributed by atoms with Gasteiger partial charge in [0.25, 0.3) is 11.7 Å². The molecule has 0 bridgehead atoms. The Bertz CT molecular complexity index is 1150. The Hall–Kier alpha value is -3.36. The molecule has 0 aliphatic carbocycles. The van der Waals surface area contributed by atoms with Crippen molar-refractivity contribution in [2.75, 3.05) is 46.0 Å². The molecule has 4 rings (SSSR count). The summed E-state index contributed by atoms with van der Waals surface area (Å²) in [7, 11) is 0. The quantitative estimate of drug-likeness (QED) is 0.301. The third-order valence-corrected chi connectivity index (χ3v) is 6.76. The lowest BCUT2D eigenvalue weighted by Gasteiger charge is -2.29. The maximum Gasteiger partial charge on any atom is 0.295 e. The summed E-state index contributed by atoms with van der Waals surface area (Å²) in [6.45, 7) is 10.8. The normalized spacial score (nSPS) is 20.1. The Balaban J connectivity index is 1.65. The molecular formula is C29H36N2O6. The van der Waals surface area contributed by atoms with E-state index in [0.29, 0.717) is 55.6 Å². The predicted octanol–water partition coefficient (Wildman–Crippen LogP) is 3.88. The molecule has 0 spiro atoms. The summed E-state index contributed by atoms with van der Waals surface area (Å²) in [5.41, 5.74) is 1.93. The molecule has 2 N–H and O–H groups in total. The number of morpholine rings is 1. The van der Waals surface area contributed by atoms with Gasteiger partial charge in [-0.2, -0.15) is 0 Å². The van der Waals surface area contributed by atoms with Crippen LogP contribution in [0.15, 0.2) is 48.0 Å². The average Bonchev–Trinajstić information content (AvgIpc) is 3.13. The van der Waals surface area contributed by atoms with E-state index in [4.69, 9.17) is 9.47 Å². The van der Waals surface area contributed by atoms with Gasteiger partial charge >= 0.3 is 0 Å². The van der Waals surface area contributed by atoms with Crippen LogP contribution in [-0.2, 0) is 14.3 Å². The summed E-state index contributed by atoms with van der Waals surface area (Å²) in [5, 5.41) is 21.2. The van der Waals surface area contributed by atoms with E-state index in [2.05, 4.69) is 18.7 Å². The van der Waals surface area contributed by atoms with Gasteiger partial charge in [0, 0.05) is 31.7 Å². The zero-order valence-electron chi connectivity index (χ0n) is 21.8. The SMILES string of the molecule is Cc1cc(OCC(C)C)ccc1C(O)=C1C(=O)C(=O)N(CCCN2CCOCC2)C1c1ccc(O)cc1. The molecule has 2 heterocycles. The molecule has 8 nitrogen and oxygen atoms in total. The van der Waals surface area contributed by atoms with Crippen LogP contribution >= 0.6 is 0 Å². The summed E-state index contributed by atoms with van der Waals surface area (Å²) >= 11 is 0. The molecule has 0 aromatic heterocycles. The van der Waals surface area contributed by atoms with Crippen LogP contribution in [-0.4, -0.2) is 77.7 Å². The zero-order chi connectivity index (χ0) is 26.5. The smallest absolute Gasteiger partial charge is 0.295 e. The number of carbonyl (C=O) groups is 2. The lowest BCUT2D eigenvalue weighted by molar-refractivity contribution is -0.140. The standard InChI is InChI=1S/C29H36N2O6/c1-19(2)18-37-23-9-10-24(20(3)17-23)27(33)25-26(21-5-7-22(32)8-6-21)31(29(35)28(25)34)12-4-11-30-13-15-36-16-14-30/h5-10,17,19,26,32-33H,4,11-16,18H2,1-3H3. The second-order valence-corrected chi connectivity index (χ2v) is 10.1. The first-order valence-corrected chi connectivity index (χ1v) is 12.9. The van der Waals surface area contributed by atoms with Crippen LogP contribution < -0.4 is 4.74 Å². The Kier molecular flexibility index (Phi) is 8.51. The van der Waals surface area contributed by atoms with Gasteiger partial charge in [0.2, 0.25) is 0 Å². The van der Waals surface area contributed by atoms with Gasteiger partial charge < -0.3 is 24.6 Å². The van der Waals surface area contributed by atoms with E-state index < -0.39 is 17.7 Å². The largest absolute Gasteiger partial charge is 0.508 e. The molecule has 2 fully saturated rings. The summed E-state index contributed by atoms with van der Waals surface area (Å²) in [5.74, 6) is -0.405. The van der Waals surface area contributed by atoms with Crippen molar-refractivity contribution in [1.82, 2.24) is 9.80 Å². The van der Waals surface area contributed by atoms with Crippen molar-refractivity contribution >= 4 is 17.4 Å². The van der Waals surface area contributed by atoms with E-state index in [1.807, 2.05) is 13.0 Å². The molecule has 1 amide bonds. The van der Waals surface area contributed by atoms with Crippen LogP contribution in [0.25, 0.3) is 5.76 Å². The van der Waals surface area contributed by atoms with Crippen LogP contribution in [0, 0.1) is 12.8 Å². The van der Waals surface area contributed by atoms with Crippen LogP contribution in [0.3, 0.4) is 0 Å². The molecule has 0 saturated carbocycles. The number of amides is 1. The molecule has 2 saturated heterocycles. The number of ketones is 1. The number of aryl methyl sites for hydroxylation is 1. The number of aromatic hydroxyl groups is 1. The summed E-state index contributed by atoms with van der Waals surface area (Å²) < 4.78 is 11.2. The highest BCUT2D eigenvalue weighted by atomic mass is 16.5. The van der Waals surface area contributed by atoms with Gasteiger partial charge in [-0.25, -0.2) is 0 Å². The molecule has 8 heteroatoms. The van der Waals surface area contributed by atoms with Gasteiger partial charge in [0.05, 0.1) is 31.4 Å². The first-order valence-electron chi connectivity index (χ1n) is 12.9. The van der Waals surface area contributed by atoms with Crippen LogP contribution in [0.4, 0.5) is 0 Å². The summed E-state index contributed by atoms with van der Waals surface area (Å²) in [6.07, 6.45) is 0.683. The monoisotopic (exact) mass is 508 g/mol. The number of aliphatic hydroxyl groups excluding tert-OH is 1. The van der Waals surface area contributed by atoms with E-state index in [9.17, 15) is 19.8 Å². The van der Waals surface area contributed by atoms with Gasteiger partial charge in [-0.3, -0.25) is 14.5 Å².